The summed E-state index contributed by atoms with van der Waals surface area (Å²) < 4.78 is 0. The molecule has 0 spiro atoms. The number of hydrogen-bond donors (Lipinski definition) is 2. The standard InChI is InChI=1S/C15H25NOS/c1-2-4-12(8-9-17)11-16-15(13-6-7-13)14-5-3-10-18-14/h3,5,10,12-13,15-17H,2,4,6-9,11H2,1H3. The van der Waals surface area contributed by atoms with Crippen molar-refractivity contribution in [1.82, 2.24) is 5.32 Å². The summed E-state index contributed by atoms with van der Waals surface area (Å²) in [6.07, 6.45) is 6.10. The highest BCUT2D eigenvalue weighted by Gasteiger charge is 2.32. The molecule has 1 aromatic heterocycles. The Hall–Kier alpha value is -0.380. The Morgan fingerprint density at radius 2 is 2.28 bits per heavy atom. The van der Waals surface area contributed by atoms with Crippen LogP contribution in [0.25, 0.3) is 0 Å². The number of aliphatic hydroxyl groups is 1. The van der Waals surface area contributed by atoms with E-state index in [1.54, 1.807) is 0 Å². The Bertz CT molecular complexity index is 315. The Balaban J connectivity index is 1.85. The molecule has 1 fully saturated rings. The molecule has 18 heavy (non-hydrogen) atoms. The summed E-state index contributed by atoms with van der Waals surface area (Å²) in [5, 5.41) is 15.0. The lowest BCUT2D eigenvalue weighted by atomic mass is 9.99. The first-order chi connectivity index (χ1) is 8.85. The molecular formula is C15H25NOS. The summed E-state index contributed by atoms with van der Waals surface area (Å²) in [6, 6.07) is 4.96. The summed E-state index contributed by atoms with van der Waals surface area (Å²) >= 11 is 1.87. The van der Waals surface area contributed by atoms with Crippen molar-refractivity contribution in [2.75, 3.05) is 13.2 Å². The number of aliphatic hydroxyl groups excluding tert-OH is 1. The molecule has 2 rings (SSSR count). The summed E-state index contributed by atoms with van der Waals surface area (Å²) in [4.78, 5) is 1.48. The molecule has 1 aromatic rings. The number of nitrogens with one attached hydrogen (secondary N) is 1. The maximum atomic E-state index is 9.11. The van der Waals surface area contributed by atoms with Crippen molar-refractivity contribution in [3.8, 4) is 0 Å². The first-order valence-corrected chi connectivity index (χ1v) is 8.10. The number of rotatable bonds is 9. The van der Waals surface area contributed by atoms with Gasteiger partial charge in [0.1, 0.15) is 0 Å². The van der Waals surface area contributed by atoms with Gasteiger partial charge in [-0.1, -0.05) is 19.4 Å². The summed E-state index contributed by atoms with van der Waals surface area (Å²) in [5.41, 5.74) is 0. The minimum atomic E-state index is 0.319. The zero-order valence-corrected chi connectivity index (χ0v) is 12.1. The molecule has 0 radical (unpaired) electrons. The van der Waals surface area contributed by atoms with Crippen molar-refractivity contribution in [1.29, 1.82) is 0 Å². The van der Waals surface area contributed by atoms with Gasteiger partial charge in [-0.05, 0) is 55.5 Å². The first-order valence-electron chi connectivity index (χ1n) is 7.22. The third kappa shape index (κ3) is 4.08. The molecule has 0 saturated heterocycles. The molecule has 0 bridgehead atoms. The minimum Gasteiger partial charge on any atom is -0.396 e. The molecule has 1 saturated carbocycles. The van der Waals surface area contributed by atoms with Crippen molar-refractivity contribution in [2.45, 2.75) is 45.1 Å². The van der Waals surface area contributed by atoms with E-state index in [9.17, 15) is 0 Å². The highest BCUT2D eigenvalue weighted by atomic mass is 32.1. The van der Waals surface area contributed by atoms with Gasteiger partial charge in [0.2, 0.25) is 0 Å². The van der Waals surface area contributed by atoms with Crippen LogP contribution in [0, 0.1) is 11.8 Å². The largest absolute Gasteiger partial charge is 0.396 e. The Labute approximate surface area is 114 Å². The van der Waals surface area contributed by atoms with Crippen LogP contribution in [0.1, 0.15) is 49.9 Å². The maximum Gasteiger partial charge on any atom is 0.0443 e. The van der Waals surface area contributed by atoms with Gasteiger partial charge in [0, 0.05) is 17.5 Å². The van der Waals surface area contributed by atoms with Gasteiger partial charge in [0.25, 0.3) is 0 Å². The van der Waals surface area contributed by atoms with E-state index in [2.05, 4.69) is 29.8 Å². The van der Waals surface area contributed by atoms with Gasteiger partial charge >= 0.3 is 0 Å². The van der Waals surface area contributed by atoms with Crippen LogP contribution in [-0.4, -0.2) is 18.3 Å². The second kappa shape index (κ2) is 7.27. The van der Waals surface area contributed by atoms with Crippen LogP contribution in [-0.2, 0) is 0 Å². The molecule has 2 nitrogen and oxygen atoms in total. The average Bonchev–Trinajstić information content (AvgIpc) is 3.05. The quantitative estimate of drug-likeness (QED) is 0.716. The van der Waals surface area contributed by atoms with Crippen molar-refractivity contribution in [2.24, 2.45) is 11.8 Å². The van der Waals surface area contributed by atoms with E-state index in [0.717, 1.165) is 18.9 Å². The normalized spacial score (nSPS) is 18.8. The van der Waals surface area contributed by atoms with E-state index >= 15 is 0 Å². The first kappa shape index (κ1) is 14.0. The lowest BCUT2D eigenvalue weighted by molar-refractivity contribution is 0.244. The number of hydrogen-bond acceptors (Lipinski definition) is 3. The Morgan fingerprint density at radius 3 is 2.83 bits per heavy atom. The van der Waals surface area contributed by atoms with Crippen LogP contribution < -0.4 is 5.32 Å². The summed E-state index contributed by atoms with van der Waals surface area (Å²) in [6.45, 7) is 3.59. The molecule has 0 amide bonds. The van der Waals surface area contributed by atoms with Gasteiger partial charge in [-0.2, -0.15) is 0 Å². The van der Waals surface area contributed by atoms with Crippen molar-refractivity contribution in [3.63, 3.8) is 0 Å². The zero-order valence-electron chi connectivity index (χ0n) is 11.3. The van der Waals surface area contributed by atoms with E-state index in [1.165, 1.54) is 30.6 Å². The number of thiophene rings is 1. The van der Waals surface area contributed by atoms with Crippen molar-refractivity contribution < 1.29 is 5.11 Å². The van der Waals surface area contributed by atoms with Gasteiger partial charge in [-0.15, -0.1) is 11.3 Å². The fraction of sp³-hybridized carbons (Fsp3) is 0.733. The molecule has 3 heteroatoms. The fourth-order valence-corrected chi connectivity index (χ4v) is 3.52. The molecule has 2 N–H and O–H groups in total. The topological polar surface area (TPSA) is 32.3 Å². The van der Waals surface area contributed by atoms with Gasteiger partial charge in [0.05, 0.1) is 0 Å². The second-order valence-corrected chi connectivity index (χ2v) is 6.39. The van der Waals surface area contributed by atoms with Crippen LogP contribution in [0.15, 0.2) is 17.5 Å². The van der Waals surface area contributed by atoms with Crippen molar-refractivity contribution >= 4 is 11.3 Å². The van der Waals surface area contributed by atoms with Crippen LogP contribution in [0.4, 0.5) is 0 Å². The highest BCUT2D eigenvalue weighted by molar-refractivity contribution is 7.10. The van der Waals surface area contributed by atoms with Gasteiger partial charge in [0.15, 0.2) is 0 Å². The molecular weight excluding hydrogens is 242 g/mol. The third-order valence-electron chi connectivity index (χ3n) is 3.80. The van der Waals surface area contributed by atoms with E-state index in [-0.39, 0.29) is 0 Å². The fourth-order valence-electron chi connectivity index (χ4n) is 2.63. The van der Waals surface area contributed by atoms with Crippen LogP contribution in [0.3, 0.4) is 0 Å². The van der Waals surface area contributed by atoms with E-state index in [0.29, 0.717) is 18.6 Å². The zero-order chi connectivity index (χ0) is 12.8. The van der Waals surface area contributed by atoms with Crippen LogP contribution in [0.2, 0.25) is 0 Å². The SMILES string of the molecule is CCCC(CCO)CNC(c1cccs1)C1CC1. The van der Waals surface area contributed by atoms with Crippen LogP contribution >= 0.6 is 11.3 Å². The molecule has 102 valence electrons. The molecule has 2 unspecified atom stereocenters. The van der Waals surface area contributed by atoms with Crippen molar-refractivity contribution in [3.05, 3.63) is 22.4 Å². The molecule has 1 aliphatic rings. The molecule has 0 aliphatic heterocycles. The average molecular weight is 267 g/mol. The summed E-state index contributed by atoms with van der Waals surface area (Å²) in [7, 11) is 0. The van der Waals surface area contributed by atoms with Crippen LogP contribution in [0.5, 0.6) is 0 Å². The smallest absolute Gasteiger partial charge is 0.0443 e. The Kier molecular flexibility index (Phi) is 5.67. The molecule has 2 atom stereocenters. The van der Waals surface area contributed by atoms with Gasteiger partial charge < -0.3 is 10.4 Å². The molecule has 1 heterocycles. The van der Waals surface area contributed by atoms with E-state index < -0.39 is 0 Å². The maximum absolute atomic E-state index is 9.11. The lowest BCUT2D eigenvalue weighted by Gasteiger charge is -2.21. The predicted molar refractivity (Wildman–Crippen MR) is 77.9 cm³/mol. The lowest BCUT2D eigenvalue weighted by Crippen LogP contribution is -2.28. The van der Waals surface area contributed by atoms with Gasteiger partial charge in [-0.25, -0.2) is 0 Å². The highest BCUT2D eigenvalue weighted by Crippen LogP contribution is 2.42. The third-order valence-corrected chi connectivity index (χ3v) is 4.76. The van der Waals surface area contributed by atoms with Gasteiger partial charge in [-0.3, -0.25) is 0 Å². The minimum absolute atomic E-state index is 0.319. The Morgan fingerprint density at radius 1 is 1.44 bits per heavy atom. The van der Waals surface area contributed by atoms with E-state index in [1.807, 2.05) is 11.3 Å². The monoisotopic (exact) mass is 267 g/mol. The molecule has 1 aliphatic carbocycles. The second-order valence-electron chi connectivity index (χ2n) is 5.41. The molecule has 0 aromatic carbocycles. The summed E-state index contributed by atoms with van der Waals surface area (Å²) in [5.74, 6) is 1.47. The van der Waals surface area contributed by atoms with E-state index in [4.69, 9.17) is 5.11 Å². The predicted octanol–water partition coefficient (Wildman–Crippen LogP) is 3.59.